The van der Waals surface area contributed by atoms with E-state index in [0.717, 1.165) is 17.0 Å². The second-order valence-electron chi connectivity index (χ2n) is 5.89. The molecule has 2 aromatic rings. The fourth-order valence-corrected chi connectivity index (χ4v) is 3.30. The smallest absolute Gasteiger partial charge is 0.406 e. The molecule has 0 bridgehead atoms. The van der Waals surface area contributed by atoms with Crippen LogP contribution >= 0.6 is 11.8 Å². The number of hydrogen-bond donors (Lipinski definition) is 1. The highest BCUT2D eigenvalue weighted by Gasteiger charge is 2.31. The summed E-state index contributed by atoms with van der Waals surface area (Å²) in [7, 11) is 1.52. The molecule has 1 atom stereocenters. The van der Waals surface area contributed by atoms with Gasteiger partial charge in [0.2, 0.25) is 11.8 Å². The van der Waals surface area contributed by atoms with Gasteiger partial charge in [0, 0.05) is 17.6 Å². The summed E-state index contributed by atoms with van der Waals surface area (Å²) in [5.41, 5.74) is 0.298. The third-order valence-corrected chi connectivity index (χ3v) is 4.63. The Bertz CT molecular complexity index is 798. The monoisotopic (exact) mass is 412 g/mol. The number of likely N-dealkylation sites (N-methyl/N-ethyl adjacent to an activating group) is 1. The molecule has 0 aromatic heterocycles. The van der Waals surface area contributed by atoms with Crippen molar-refractivity contribution in [3.05, 3.63) is 54.6 Å². The molecule has 0 aliphatic heterocycles. The van der Waals surface area contributed by atoms with E-state index in [1.807, 2.05) is 30.3 Å². The van der Waals surface area contributed by atoms with Crippen molar-refractivity contribution in [3.8, 4) is 5.75 Å². The van der Waals surface area contributed by atoms with Crippen LogP contribution in [0.15, 0.2) is 59.5 Å². The van der Waals surface area contributed by atoms with Crippen LogP contribution in [0.5, 0.6) is 5.75 Å². The van der Waals surface area contributed by atoms with Crippen molar-refractivity contribution in [2.75, 3.05) is 18.9 Å². The number of amides is 2. The highest BCUT2D eigenvalue weighted by molar-refractivity contribution is 8.00. The summed E-state index contributed by atoms with van der Waals surface area (Å²) in [4.78, 5) is 26.8. The summed E-state index contributed by atoms with van der Waals surface area (Å²) in [5.74, 6) is -1.06. The molecule has 0 heterocycles. The molecule has 28 heavy (non-hydrogen) atoms. The van der Waals surface area contributed by atoms with Crippen molar-refractivity contribution in [2.45, 2.75) is 23.4 Å². The number of alkyl halides is 3. The first-order valence-electron chi connectivity index (χ1n) is 8.26. The van der Waals surface area contributed by atoms with E-state index in [1.165, 1.54) is 35.8 Å². The molecule has 0 aliphatic carbocycles. The number of anilines is 1. The highest BCUT2D eigenvalue weighted by atomic mass is 32.2. The molecule has 9 heteroatoms. The summed E-state index contributed by atoms with van der Waals surface area (Å²) >= 11 is 1.39. The van der Waals surface area contributed by atoms with E-state index in [9.17, 15) is 22.8 Å². The summed E-state index contributed by atoms with van der Waals surface area (Å²) in [6, 6.07) is 14.2. The Morgan fingerprint density at radius 1 is 1.11 bits per heavy atom. The van der Waals surface area contributed by atoms with Crippen molar-refractivity contribution in [1.82, 2.24) is 4.90 Å². The van der Waals surface area contributed by atoms with E-state index in [-0.39, 0.29) is 23.5 Å². The van der Waals surface area contributed by atoms with Gasteiger partial charge in [0.05, 0.1) is 11.8 Å². The Morgan fingerprint density at radius 2 is 1.71 bits per heavy atom. The number of carbonyl (C=O) groups excluding carboxylic acids is 2. The Labute approximate surface area is 164 Å². The van der Waals surface area contributed by atoms with Crippen LogP contribution in [0.4, 0.5) is 18.9 Å². The molecule has 2 amide bonds. The van der Waals surface area contributed by atoms with Crippen LogP contribution in [0.25, 0.3) is 0 Å². The topological polar surface area (TPSA) is 58.6 Å². The van der Waals surface area contributed by atoms with Crippen molar-refractivity contribution in [2.24, 2.45) is 0 Å². The predicted octanol–water partition coefficient (Wildman–Crippen LogP) is 4.16. The van der Waals surface area contributed by atoms with E-state index in [2.05, 4.69) is 10.1 Å². The summed E-state index contributed by atoms with van der Waals surface area (Å²) in [6.07, 6.45) is -4.78. The molecular formula is C19H19F3N2O3S. The Morgan fingerprint density at radius 3 is 2.29 bits per heavy atom. The molecular weight excluding hydrogens is 393 g/mol. The van der Waals surface area contributed by atoms with Crippen molar-refractivity contribution < 1.29 is 27.5 Å². The zero-order valence-corrected chi connectivity index (χ0v) is 16.0. The van der Waals surface area contributed by atoms with Crippen molar-refractivity contribution in [3.63, 3.8) is 0 Å². The van der Waals surface area contributed by atoms with Crippen LogP contribution < -0.4 is 10.1 Å². The van der Waals surface area contributed by atoms with Gasteiger partial charge in [-0.25, -0.2) is 0 Å². The molecule has 0 saturated heterocycles. The number of rotatable bonds is 7. The minimum Gasteiger partial charge on any atom is -0.406 e. The van der Waals surface area contributed by atoms with Crippen molar-refractivity contribution >= 4 is 29.3 Å². The zero-order valence-electron chi connectivity index (χ0n) is 15.2. The van der Waals surface area contributed by atoms with Gasteiger partial charge in [0.1, 0.15) is 5.75 Å². The van der Waals surface area contributed by atoms with Crippen LogP contribution in [0, 0.1) is 0 Å². The van der Waals surface area contributed by atoms with Gasteiger partial charge in [-0.1, -0.05) is 18.2 Å². The first kappa shape index (κ1) is 21.6. The van der Waals surface area contributed by atoms with E-state index in [1.54, 1.807) is 6.92 Å². The first-order chi connectivity index (χ1) is 13.1. The average molecular weight is 412 g/mol. The van der Waals surface area contributed by atoms with Gasteiger partial charge < -0.3 is 15.0 Å². The molecule has 0 saturated carbocycles. The number of nitrogens with zero attached hydrogens (tertiary/aromatic N) is 1. The van der Waals surface area contributed by atoms with E-state index >= 15 is 0 Å². The molecule has 5 nitrogen and oxygen atoms in total. The minimum atomic E-state index is -4.78. The third-order valence-electron chi connectivity index (χ3n) is 3.53. The molecule has 1 N–H and O–H groups in total. The number of benzene rings is 2. The summed E-state index contributed by atoms with van der Waals surface area (Å²) in [6.45, 7) is 1.58. The van der Waals surface area contributed by atoms with E-state index in [0.29, 0.717) is 5.69 Å². The highest BCUT2D eigenvalue weighted by Crippen LogP contribution is 2.25. The Kier molecular flexibility index (Phi) is 7.33. The summed E-state index contributed by atoms with van der Waals surface area (Å²) in [5, 5.41) is 2.15. The largest absolute Gasteiger partial charge is 0.573 e. The zero-order chi connectivity index (χ0) is 20.7. The standard InChI is InChI=1S/C19H19F3N2O3S/c1-13(28-16-6-4-3-5-7-16)18(26)24(2)12-17(25)23-14-8-10-15(11-9-14)27-19(20,21)22/h3-11,13H,12H2,1-2H3,(H,23,25)/t13-/m0/s1. The maximum absolute atomic E-state index is 12.4. The van der Waals surface area contributed by atoms with Gasteiger partial charge in [-0.3, -0.25) is 9.59 Å². The van der Waals surface area contributed by atoms with E-state index in [4.69, 9.17) is 0 Å². The molecule has 0 spiro atoms. The fourth-order valence-electron chi connectivity index (χ4n) is 2.30. The van der Waals surface area contributed by atoms with Gasteiger partial charge in [-0.2, -0.15) is 0 Å². The lowest BCUT2D eigenvalue weighted by atomic mass is 10.3. The lowest BCUT2D eigenvalue weighted by Crippen LogP contribution is -2.38. The van der Waals surface area contributed by atoms with Crippen LogP contribution in [0.2, 0.25) is 0 Å². The normalized spacial score (nSPS) is 12.2. The minimum absolute atomic E-state index is 0.181. The number of hydrogen-bond acceptors (Lipinski definition) is 4. The quantitative estimate of drug-likeness (QED) is 0.694. The van der Waals surface area contributed by atoms with E-state index < -0.39 is 12.3 Å². The van der Waals surface area contributed by atoms with Gasteiger partial charge in [0.25, 0.3) is 0 Å². The third kappa shape index (κ3) is 7.15. The lowest BCUT2D eigenvalue weighted by Gasteiger charge is -2.20. The molecule has 0 aliphatic rings. The van der Waals surface area contributed by atoms with Crippen LogP contribution in [-0.4, -0.2) is 41.9 Å². The number of carbonyl (C=O) groups is 2. The SMILES string of the molecule is C[C@H](Sc1ccccc1)C(=O)N(C)CC(=O)Nc1ccc(OC(F)(F)F)cc1. The molecule has 2 aromatic carbocycles. The Balaban J connectivity index is 1.85. The maximum Gasteiger partial charge on any atom is 0.573 e. The molecule has 150 valence electrons. The molecule has 0 radical (unpaired) electrons. The van der Waals surface area contributed by atoms with Gasteiger partial charge in [-0.05, 0) is 43.3 Å². The second kappa shape index (κ2) is 9.50. The number of thioether (sulfide) groups is 1. The molecule has 2 rings (SSSR count). The number of nitrogens with one attached hydrogen (secondary N) is 1. The average Bonchev–Trinajstić information content (AvgIpc) is 2.62. The number of ether oxygens (including phenoxy) is 1. The lowest BCUT2D eigenvalue weighted by molar-refractivity contribution is -0.274. The second-order valence-corrected chi connectivity index (χ2v) is 7.30. The number of halogens is 3. The molecule has 0 unspecified atom stereocenters. The first-order valence-corrected chi connectivity index (χ1v) is 9.14. The van der Waals surface area contributed by atoms with Crippen molar-refractivity contribution in [1.29, 1.82) is 0 Å². The maximum atomic E-state index is 12.4. The van der Waals surface area contributed by atoms with Gasteiger partial charge in [-0.15, -0.1) is 24.9 Å². The fraction of sp³-hybridized carbons (Fsp3) is 0.263. The predicted molar refractivity (Wildman–Crippen MR) is 101 cm³/mol. The van der Waals surface area contributed by atoms with Crippen LogP contribution in [-0.2, 0) is 9.59 Å². The summed E-state index contributed by atoms with van der Waals surface area (Å²) < 4.78 is 40.2. The molecule has 0 fully saturated rings. The van der Waals surface area contributed by atoms with Crippen LogP contribution in [0.1, 0.15) is 6.92 Å². The van der Waals surface area contributed by atoms with Crippen LogP contribution in [0.3, 0.4) is 0 Å². The van der Waals surface area contributed by atoms with Gasteiger partial charge in [0.15, 0.2) is 0 Å². The van der Waals surface area contributed by atoms with Gasteiger partial charge >= 0.3 is 6.36 Å². The Hall–Kier alpha value is -2.68.